The van der Waals surface area contributed by atoms with Gasteiger partial charge >= 0.3 is 0 Å². The number of carbonyl (C=O) groups is 1. The molecule has 0 spiro atoms. The molecule has 12 heteroatoms. The number of hydrogen-bond donors (Lipinski definition) is 1. The molecular formula is C37H41F3N6O3. The maximum Gasteiger partial charge on any atom is 0.281 e. The van der Waals surface area contributed by atoms with Crippen molar-refractivity contribution >= 4 is 28.2 Å². The van der Waals surface area contributed by atoms with E-state index in [9.17, 15) is 9.90 Å². The van der Waals surface area contributed by atoms with Crippen LogP contribution in [-0.4, -0.2) is 89.3 Å². The molecule has 1 N–H and O–H groups in total. The molecule has 1 fully saturated rings. The molecule has 0 radical (unpaired) electrons. The number of nitrogens with zero attached hydrogens (tertiary/aromatic N) is 6. The van der Waals surface area contributed by atoms with Gasteiger partial charge in [0, 0.05) is 50.3 Å². The molecule has 0 saturated carbocycles. The predicted octanol–water partition coefficient (Wildman–Crippen LogP) is 5.58. The first-order valence-electron chi connectivity index (χ1n) is 16.4. The zero-order chi connectivity index (χ0) is 35.5. The smallest absolute Gasteiger partial charge is 0.281 e. The molecule has 1 amide bonds. The van der Waals surface area contributed by atoms with Crippen LogP contribution >= 0.6 is 0 Å². The number of anilines is 2. The third kappa shape index (κ3) is 5.61. The first-order chi connectivity index (χ1) is 23.3. The highest BCUT2D eigenvalue weighted by Crippen LogP contribution is 2.46. The summed E-state index contributed by atoms with van der Waals surface area (Å²) in [6.07, 6.45) is 2.89. The lowest BCUT2D eigenvalue weighted by Crippen LogP contribution is -2.64. The molecule has 6 rings (SSSR count). The zero-order valence-corrected chi connectivity index (χ0v) is 28.6. The average Bonchev–Trinajstić information content (AvgIpc) is 3.04. The summed E-state index contributed by atoms with van der Waals surface area (Å²) < 4.78 is 50.4. The van der Waals surface area contributed by atoms with Gasteiger partial charge in [0.2, 0.25) is 5.91 Å². The van der Waals surface area contributed by atoms with Crippen LogP contribution in [-0.2, 0) is 4.79 Å². The molecule has 2 aliphatic rings. The van der Waals surface area contributed by atoms with Crippen LogP contribution in [0.5, 0.6) is 5.75 Å². The number of piperazine rings is 1. The van der Waals surface area contributed by atoms with Crippen molar-refractivity contribution < 1.29 is 23.1 Å². The number of likely N-dealkylation sites (N-methyl/N-ethyl adjacent to an activating group) is 1. The highest BCUT2D eigenvalue weighted by atomic mass is 19.1. The molecule has 49 heavy (non-hydrogen) atoms. The van der Waals surface area contributed by atoms with Gasteiger partial charge in [0.1, 0.15) is 23.1 Å². The number of rotatable bonds is 7. The molecule has 4 heterocycles. The van der Waals surface area contributed by atoms with Crippen LogP contribution in [0.3, 0.4) is 0 Å². The average molecular weight is 675 g/mol. The van der Waals surface area contributed by atoms with Crippen molar-refractivity contribution in [1.82, 2.24) is 19.4 Å². The Hall–Kier alpha value is -4.84. The summed E-state index contributed by atoms with van der Waals surface area (Å²) in [5.41, 5.74) is -0.0717. The molecule has 258 valence electrons. The van der Waals surface area contributed by atoms with E-state index >= 15 is 18.0 Å². The molecule has 1 saturated heterocycles. The summed E-state index contributed by atoms with van der Waals surface area (Å²) >= 11 is 0. The molecule has 9 nitrogen and oxygen atoms in total. The van der Waals surface area contributed by atoms with Crippen molar-refractivity contribution in [3.63, 3.8) is 0 Å². The lowest BCUT2D eigenvalue weighted by Gasteiger charge is -2.52. The highest BCUT2D eigenvalue weighted by Gasteiger charge is 2.43. The Bertz CT molecular complexity index is 2020. The Labute approximate surface area is 283 Å². The quantitative estimate of drug-likeness (QED) is 0.256. The van der Waals surface area contributed by atoms with E-state index in [4.69, 9.17) is 0 Å². The van der Waals surface area contributed by atoms with E-state index in [-0.39, 0.29) is 40.5 Å². The van der Waals surface area contributed by atoms with Gasteiger partial charge in [0.15, 0.2) is 5.82 Å². The van der Waals surface area contributed by atoms with Gasteiger partial charge in [-0.2, -0.15) is 0 Å². The standard InChI is InChI=1S/C37H41F3N6O3/c1-8-28(48)44-19-23-18-43(15-14-42(6)7)36-35(45(23)17-22(44)5)24-16-26(39)30(29-25(38)10-9-11-27(29)47)31(40)34(24)46(37(36)49)33-21(4)12-13-41-32(33)20(2)3/h8-13,16,20,22-23,47H,1,14-15,17-19H2,2-7H3. The third-order valence-corrected chi connectivity index (χ3v) is 9.62. The van der Waals surface area contributed by atoms with Crippen molar-refractivity contribution in [2.24, 2.45) is 0 Å². The van der Waals surface area contributed by atoms with Crippen molar-refractivity contribution in [2.75, 3.05) is 56.6 Å². The van der Waals surface area contributed by atoms with Crippen LogP contribution in [0, 0.1) is 24.4 Å². The number of halogens is 3. The van der Waals surface area contributed by atoms with Gasteiger partial charge in [-0.1, -0.05) is 26.5 Å². The van der Waals surface area contributed by atoms with E-state index in [2.05, 4.69) is 11.6 Å². The van der Waals surface area contributed by atoms with Crippen molar-refractivity contribution in [1.29, 1.82) is 0 Å². The Morgan fingerprint density at radius 1 is 1.08 bits per heavy atom. The summed E-state index contributed by atoms with van der Waals surface area (Å²) in [6.45, 7) is 13.1. The summed E-state index contributed by atoms with van der Waals surface area (Å²) in [5.74, 6) is -4.36. The number of fused-ring (bicyclic) bond motifs is 5. The monoisotopic (exact) mass is 674 g/mol. The van der Waals surface area contributed by atoms with Gasteiger partial charge in [0.05, 0.1) is 39.8 Å². The summed E-state index contributed by atoms with van der Waals surface area (Å²) in [7, 11) is 3.84. The normalized spacial score (nSPS) is 17.6. The lowest BCUT2D eigenvalue weighted by molar-refractivity contribution is -0.128. The Morgan fingerprint density at radius 2 is 1.82 bits per heavy atom. The topological polar surface area (TPSA) is 85.1 Å². The van der Waals surface area contributed by atoms with E-state index in [1.165, 1.54) is 16.7 Å². The van der Waals surface area contributed by atoms with Crippen LogP contribution < -0.4 is 15.4 Å². The molecule has 2 atom stereocenters. The van der Waals surface area contributed by atoms with E-state index in [0.717, 1.165) is 18.2 Å². The molecule has 2 aromatic heterocycles. The van der Waals surface area contributed by atoms with Gasteiger partial charge in [-0.3, -0.25) is 19.1 Å². The fourth-order valence-corrected chi connectivity index (χ4v) is 7.27. The molecule has 4 aromatic rings. The number of aromatic hydroxyl groups is 1. The first-order valence-corrected chi connectivity index (χ1v) is 16.4. The minimum Gasteiger partial charge on any atom is -0.507 e. The summed E-state index contributed by atoms with van der Waals surface area (Å²) in [6, 6.07) is 5.64. The second-order valence-corrected chi connectivity index (χ2v) is 13.5. The van der Waals surface area contributed by atoms with Gasteiger partial charge < -0.3 is 24.7 Å². The first kappa shape index (κ1) is 34.0. The summed E-state index contributed by atoms with van der Waals surface area (Å²) in [5, 5.41) is 10.8. The van der Waals surface area contributed by atoms with Crippen molar-refractivity contribution in [2.45, 2.75) is 45.7 Å². The van der Waals surface area contributed by atoms with Crippen LogP contribution in [0.2, 0.25) is 0 Å². The van der Waals surface area contributed by atoms with E-state index in [1.54, 1.807) is 24.1 Å². The number of hydrogen-bond acceptors (Lipinski definition) is 7. The maximum atomic E-state index is 17.4. The number of phenols is 1. The Morgan fingerprint density at radius 3 is 2.47 bits per heavy atom. The van der Waals surface area contributed by atoms with Crippen LogP contribution in [0.4, 0.5) is 24.5 Å². The SMILES string of the molecule is C=CC(=O)N1CC2CN(CCN(C)C)c3c(c4cc(F)c(-c5c(O)cccc5F)c(F)c4n(-c4c(C)ccnc4C(C)C)c3=O)N2CC1C. The number of aryl methyl sites for hydroxylation is 1. The number of aromatic nitrogens is 2. The van der Waals surface area contributed by atoms with Gasteiger partial charge in [-0.25, -0.2) is 13.2 Å². The molecule has 0 aliphatic carbocycles. The minimum absolute atomic E-state index is 0.109. The molecule has 0 bridgehead atoms. The second kappa shape index (κ2) is 12.9. The largest absolute Gasteiger partial charge is 0.507 e. The third-order valence-electron chi connectivity index (χ3n) is 9.62. The van der Waals surface area contributed by atoms with E-state index in [1.807, 2.05) is 49.6 Å². The molecule has 2 aromatic carbocycles. The lowest BCUT2D eigenvalue weighted by atomic mass is 9.95. The molecular weight excluding hydrogens is 633 g/mol. The zero-order valence-electron chi connectivity index (χ0n) is 28.6. The van der Waals surface area contributed by atoms with Gasteiger partial charge in [-0.15, -0.1) is 0 Å². The number of benzene rings is 2. The fourth-order valence-electron chi connectivity index (χ4n) is 7.27. The summed E-state index contributed by atoms with van der Waals surface area (Å²) in [4.78, 5) is 40.3. The van der Waals surface area contributed by atoms with Gasteiger partial charge in [0.25, 0.3) is 5.56 Å². The highest BCUT2D eigenvalue weighted by molar-refractivity contribution is 6.03. The van der Waals surface area contributed by atoms with E-state index < -0.39 is 39.9 Å². The Balaban J connectivity index is 1.78. The Kier molecular flexibility index (Phi) is 8.95. The van der Waals surface area contributed by atoms with Gasteiger partial charge in [-0.05, 0) is 69.8 Å². The minimum atomic E-state index is -1.19. The van der Waals surface area contributed by atoms with Crippen molar-refractivity contribution in [3.05, 3.63) is 88.2 Å². The number of amides is 1. The number of pyridine rings is 2. The van der Waals surface area contributed by atoms with Crippen LogP contribution in [0.1, 0.15) is 37.9 Å². The second-order valence-electron chi connectivity index (χ2n) is 13.5. The fraction of sp³-hybridized carbons (Fsp3) is 0.378. The van der Waals surface area contributed by atoms with E-state index in [0.29, 0.717) is 55.4 Å². The van der Waals surface area contributed by atoms with Crippen molar-refractivity contribution in [3.8, 4) is 22.6 Å². The van der Waals surface area contributed by atoms with Crippen LogP contribution in [0.25, 0.3) is 27.7 Å². The maximum absolute atomic E-state index is 17.4. The number of phenolic OH excluding ortho intramolecular Hbond substituents is 1. The molecule has 2 unspecified atom stereocenters. The number of carbonyl (C=O) groups excluding carboxylic acids is 1. The van der Waals surface area contributed by atoms with Crippen LogP contribution in [0.15, 0.2) is 54.0 Å². The molecule has 2 aliphatic heterocycles. The predicted molar refractivity (Wildman–Crippen MR) is 186 cm³/mol.